The molecule has 54 heteroatoms. The van der Waals surface area contributed by atoms with E-state index in [0.29, 0.717) is 60.9 Å². The Morgan fingerprint density at radius 1 is 0.403 bits per heavy atom. The lowest BCUT2D eigenvalue weighted by atomic mass is 10.1. The number of sulfonamides is 1. The molecule has 0 radical (unpaired) electrons. The summed E-state index contributed by atoms with van der Waals surface area (Å²) in [5.41, 5.74) is -3.23. The first-order chi connectivity index (χ1) is 69.8. The van der Waals surface area contributed by atoms with Crippen LogP contribution in [0.15, 0.2) is 226 Å². The number of benzene rings is 11. The molecular weight excluding hydrogens is 2160 g/mol. The van der Waals surface area contributed by atoms with E-state index in [1.165, 1.54) is 75.0 Å². The molecule has 0 spiro atoms. The first-order valence-corrected chi connectivity index (χ1v) is 49.4. The van der Waals surface area contributed by atoms with Gasteiger partial charge >= 0.3 is 30.9 Å². The van der Waals surface area contributed by atoms with Crippen LogP contribution in [0.2, 0.25) is 0 Å². The van der Waals surface area contributed by atoms with Crippen molar-refractivity contribution in [2.24, 2.45) is 0 Å². The minimum absolute atomic E-state index is 0. The van der Waals surface area contributed by atoms with E-state index in [9.17, 15) is 113 Å². The minimum Gasteiger partial charge on any atom is -0.497 e. The summed E-state index contributed by atoms with van der Waals surface area (Å²) < 4.78 is 378. The van der Waals surface area contributed by atoms with Crippen LogP contribution in [0.4, 0.5) is 182 Å². The molecule has 0 amide bonds. The maximum atomic E-state index is 15.2. The second-order valence-corrected chi connectivity index (χ2v) is 38.6. The topological polar surface area (TPSA) is 254 Å². The molecule has 18 rings (SSSR count). The van der Waals surface area contributed by atoms with Gasteiger partial charge in [0, 0.05) is 114 Å². The van der Waals surface area contributed by atoms with Crippen molar-refractivity contribution >= 4 is 162 Å². The summed E-state index contributed by atoms with van der Waals surface area (Å²) in [6, 6.07) is 36.0. The van der Waals surface area contributed by atoms with Gasteiger partial charge in [0.2, 0.25) is 28.4 Å². The molecule has 0 aliphatic carbocycles. The highest BCUT2D eigenvalue weighted by Crippen LogP contribution is 2.52. The standard InChI is InChI=1S/C19H12F4N4O3S2.2C16H9ClF4N2O3S.C16H10F4N2O.C11H12N2OS.C8H3F4N.C8H8FNO.CH4/c1-24-12-10-11(19(21,22)23)2-3-13(12)27-7-8-30-17-14(27)4-5-15(16(17)20)32(28,29)26-18-25-6-9-31-18;2*1-22-10-8-9(16(19,20)21)2-3-11(10)23-6-7-26-15-12(23)4-5-13(14(15)18)27(17,24)25;1-21-12-9-10(16(18,19)20)5-6-13(12)22-7-8-23-15-11(17)3-2-4-14(15)22;1-14-10-4-2-9(3-5-10)8-13-11-12-6-7-15-11;1-13-7-4-5(8(10,11)12)2-3-6(7)9;9-6-1-2-8-7(5-6)10-3-4-11-8;/h2-6,9-10H,7-8H2,(H,25,26);2*2-5,8H,6-7H2;2-6,9H,7-8H2;2-7H,8H2,1H3,(H,12,13);2-4H;1-2,5,10H,3-4H2;1H4. The molecule has 0 atom stereocenters. The number of alkyl halides is 15. The molecule has 5 aliphatic rings. The zero-order chi connectivity index (χ0) is 108. The lowest BCUT2D eigenvalue weighted by Crippen LogP contribution is -2.30. The van der Waals surface area contributed by atoms with Gasteiger partial charge in [-0.3, -0.25) is 4.72 Å². The van der Waals surface area contributed by atoms with Crippen LogP contribution in [0.1, 0.15) is 40.8 Å². The first kappa shape index (κ1) is 114. The van der Waals surface area contributed by atoms with Crippen LogP contribution < -0.4 is 63.4 Å². The van der Waals surface area contributed by atoms with E-state index in [0.717, 1.165) is 113 Å². The molecule has 0 bridgehead atoms. The van der Waals surface area contributed by atoms with Gasteiger partial charge < -0.3 is 58.7 Å². The Kier molecular flexibility index (Phi) is 36.3. The fourth-order valence-electron chi connectivity index (χ4n) is 14.1. The van der Waals surface area contributed by atoms with Crippen LogP contribution in [-0.2, 0) is 65.6 Å². The van der Waals surface area contributed by atoms with Crippen LogP contribution in [0.5, 0.6) is 34.5 Å². The molecule has 26 nitrogen and oxygen atoms in total. The van der Waals surface area contributed by atoms with Gasteiger partial charge in [0.05, 0.1) is 94.6 Å². The molecular formula is C95H67Cl2F21N14O12S5. The second-order valence-electron chi connectivity index (χ2n) is 30.1. The van der Waals surface area contributed by atoms with Crippen molar-refractivity contribution in [2.75, 3.05) is 108 Å². The fraction of sp³-hybridized carbons (Fsp3) is 0.189. The van der Waals surface area contributed by atoms with E-state index in [4.69, 9.17) is 82.6 Å². The zero-order valence-corrected chi connectivity index (χ0v) is 80.1. The van der Waals surface area contributed by atoms with E-state index in [2.05, 4.69) is 49.5 Å². The van der Waals surface area contributed by atoms with Gasteiger partial charge in [-0.2, -0.15) is 65.9 Å². The number of nitrogens with zero attached hydrogens (tertiary/aromatic N) is 11. The predicted octanol–water partition coefficient (Wildman–Crippen LogP) is 28.2. The Hall–Kier alpha value is -15.5. The highest BCUT2D eigenvalue weighted by atomic mass is 35.7. The van der Waals surface area contributed by atoms with Crippen molar-refractivity contribution < 1.29 is 146 Å². The zero-order valence-electron chi connectivity index (χ0n) is 74.5. The number of hydrogen-bond donors (Lipinski definition) is 3. The summed E-state index contributed by atoms with van der Waals surface area (Å²) >= 11 is 2.62. The Bertz CT molecular complexity index is 7520. The monoisotopic (exact) mass is 2220 g/mol. The number of para-hydroxylation sites is 1. The number of rotatable bonds is 13. The van der Waals surface area contributed by atoms with Gasteiger partial charge in [0.1, 0.15) is 70.9 Å². The Morgan fingerprint density at radius 3 is 1.11 bits per heavy atom. The second kappa shape index (κ2) is 47.5. The molecule has 0 unspecified atom stereocenters. The molecule has 3 N–H and O–H groups in total. The quantitative estimate of drug-likeness (QED) is 0.0551. The average Bonchev–Trinajstić information content (AvgIpc) is 0.890. The third kappa shape index (κ3) is 27.9. The van der Waals surface area contributed by atoms with Gasteiger partial charge in [0.25, 0.3) is 28.1 Å². The maximum Gasteiger partial charge on any atom is 0.415 e. The normalized spacial score (nSPS) is 13.3. The van der Waals surface area contributed by atoms with E-state index in [1.54, 1.807) is 47.1 Å². The van der Waals surface area contributed by atoms with Crippen molar-refractivity contribution in [2.45, 2.75) is 59.5 Å². The summed E-state index contributed by atoms with van der Waals surface area (Å²) in [5, 5.41) is 10.8. The summed E-state index contributed by atoms with van der Waals surface area (Å²) in [5.74, 6) is -4.83. The number of nitrogens with one attached hydrogen (secondary N) is 3. The van der Waals surface area contributed by atoms with Crippen LogP contribution in [0, 0.1) is 67.8 Å². The van der Waals surface area contributed by atoms with Crippen LogP contribution in [0.3, 0.4) is 0 Å². The van der Waals surface area contributed by atoms with Crippen molar-refractivity contribution in [3.05, 3.63) is 337 Å². The summed E-state index contributed by atoms with van der Waals surface area (Å²) in [4.78, 5) is 26.7. The fourth-order valence-corrected chi connectivity index (χ4v) is 18.3. The molecule has 11 aromatic carbocycles. The third-order valence-corrected chi connectivity index (χ3v) is 26.4. The summed E-state index contributed by atoms with van der Waals surface area (Å²) in [6.45, 7) is 38.0. The van der Waals surface area contributed by atoms with E-state index in [1.807, 2.05) is 29.6 Å². The van der Waals surface area contributed by atoms with Crippen molar-refractivity contribution in [1.29, 1.82) is 0 Å². The van der Waals surface area contributed by atoms with Gasteiger partial charge in [-0.1, -0.05) is 49.9 Å². The smallest absolute Gasteiger partial charge is 0.415 e. The molecule has 13 aromatic rings. The SMILES string of the molecule is C.COc1ccc(CNc2nccs2)cc1.Fc1ccc2c(c1)NCCO2.[C-]#[N+]c1cc(C(F)(F)F)ccc1F.[C-]#[N+]c1cc(C(F)(F)F)ccc1N1CCOc2c(F)cccc21.[C-]#[N+]c1cc(C(F)(F)F)ccc1N1CCOc2c1ccc(S(=O)(=O)Cl)c2F.[C-]#[N+]c1cc(C(F)(F)F)ccc1N1CCOc2c1ccc(S(=O)(=O)Cl)c2F.[C-]#[N+]c1cc(C(F)(F)F)ccc1N1CCOc2c1ccc(S(=O)(=O)Nc1nccs1)c2F. The van der Waals surface area contributed by atoms with E-state index in [-0.39, 0.29) is 133 Å². The lowest BCUT2D eigenvalue weighted by molar-refractivity contribution is -0.138. The number of hydrogen-bond acceptors (Lipinski definition) is 22. The molecule has 7 heterocycles. The van der Waals surface area contributed by atoms with Crippen molar-refractivity contribution in [1.82, 2.24) is 9.97 Å². The van der Waals surface area contributed by atoms with E-state index < -0.39 is 148 Å². The van der Waals surface area contributed by atoms with Crippen LogP contribution in [0.25, 0.3) is 24.2 Å². The average molecular weight is 2230 g/mol. The van der Waals surface area contributed by atoms with Gasteiger partial charge in [0.15, 0.2) is 56.5 Å². The van der Waals surface area contributed by atoms with E-state index >= 15 is 4.39 Å². The number of halogens is 23. The molecule has 5 aliphatic heterocycles. The van der Waals surface area contributed by atoms with Gasteiger partial charge in [-0.25, -0.2) is 85.8 Å². The van der Waals surface area contributed by atoms with Crippen LogP contribution >= 0.6 is 44.0 Å². The van der Waals surface area contributed by atoms with Crippen molar-refractivity contribution in [3.63, 3.8) is 0 Å². The summed E-state index contributed by atoms with van der Waals surface area (Å²) in [7, 11) is -0.993. The summed E-state index contributed by atoms with van der Waals surface area (Å²) in [6.07, 6.45) is -19.7. The van der Waals surface area contributed by atoms with Gasteiger partial charge in [-0.15, -0.1) is 22.7 Å². The van der Waals surface area contributed by atoms with Crippen molar-refractivity contribution in [3.8, 4) is 34.5 Å². The third-order valence-electron chi connectivity index (χ3n) is 20.8. The number of fused-ring (bicyclic) bond motifs is 5. The Morgan fingerprint density at radius 2 is 0.752 bits per heavy atom. The molecule has 2 aromatic heterocycles. The first-order valence-electron chi connectivity index (χ1n) is 41.5. The minimum atomic E-state index is -4.62. The molecule has 0 saturated heterocycles. The number of ether oxygens (including phenoxy) is 6. The number of aromatic nitrogens is 2. The largest absolute Gasteiger partial charge is 0.497 e. The molecule has 780 valence electrons. The maximum absolute atomic E-state index is 15.2. The Labute approximate surface area is 851 Å². The molecule has 0 fully saturated rings. The van der Waals surface area contributed by atoms with Gasteiger partial charge in [-0.05, 0) is 145 Å². The number of anilines is 11. The lowest BCUT2D eigenvalue weighted by Gasteiger charge is -2.32. The molecule has 149 heavy (non-hydrogen) atoms. The number of methoxy groups -OCH3 is 1. The predicted molar refractivity (Wildman–Crippen MR) is 513 cm³/mol. The number of thiazole rings is 2. The Balaban J connectivity index is 0.000000169. The molecule has 0 saturated carbocycles. The van der Waals surface area contributed by atoms with Crippen LogP contribution in [-0.4, -0.2) is 108 Å². The highest BCUT2D eigenvalue weighted by molar-refractivity contribution is 8.14. The highest BCUT2D eigenvalue weighted by Gasteiger charge is 2.40.